The number of unbranched alkanes of at least 4 members (excludes halogenated alkanes) is 9. The van der Waals surface area contributed by atoms with Gasteiger partial charge in [0.1, 0.15) is 0 Å². The average Bonchev–Trinajstić information content (AvgIpc) is 2.24. The van der Waals surface area contributed by atoms with Crippen LogP contribution in [0.3, 0.4) is 0 Å². The molecule has 0 aromatic carbocycles. The van der Waals surface area contributed by atoms with Crippen LogP contribution in [0, 0.1) is 0 Å². The molecule has 0 aliphatic heterocycles. The van der Waals surface area contributed by atoms with Gasteiger partial charge < -0.3 is 0 Å². The highest BCUT2D eigenvalue weighted by atomic mass is 32.1. The maximum absolute atomic E-state index is 11.8. The van der Waals surface area contributed by atoms with Crippen LogP contribution in [0.15, 0.2) is 0 Å². The third-order valence-electron chi connectivity index (χ3n) is 2.87. The van der Waals surface area contributed by atoms with Crippen LogP contribution in [0.1, 0.15) is 70.6 Å². The van der Waals surface area contributed by atoms with Crippen LogP contribution in [0.5, 0.6) is 0 Å². The lowest BCUT2D eigenvalue weighted by Crippen LogP contribution is -2.06. The maximum Gasteiger partial charge on any atom is 0.389 e. The van der Waals surface area contributed by atoms with Crippen LogP contribution in [-0.2, 0) is 0 Å². The topological polar surface area (TPSA) is 0 Å². The molecule has 0 saturated carbocycles. The van der Waals surface area contributed by atoms with Crippen LogP contribution in [0.25, 0.3) is 0 Å². The Labute approximate surface area is 109 Å². The number of hydrogen-bond donors (Lipinski definition) is 1. The van der Waals surface area contributed by atoms with E-state index in [0.29, 0.717) is 6.42 Å². The molecule has 0 aromatic heterocycles. The zero-order chi connectivity index (χ0) is 13.0. The normalized spacial score (nSPS) is 12.0. The molecule has 0 N–H and O–H groups in total. The Morgan fingerprint density at radius 2 is 0.941 bits per heavy atom. The highest BCUT2D eigenvalue weighted by Gasteiger charge is 2.25. The van der Waals surface area contributed by atoms with Gasteiger partial charge in [0, 0.05) is 6.42 Å². The lowest BCUT2D eigenvalue weighted by atomic mass is 10.1. The highest BCUT2D eigenvalue weighted by molar-refractivity contribution is 7.80. The van der Waals surface area contributed by atoms with Crippen molar-refractivity contribution in [2.24, 2.45) is 0 Å². The fraction of sp³-hybridized carbons (Fsp3) is 1.00. The van der Waals surface area contributed by atoms with Gasteiger partial charge in [0.25, 0.3) is 0 Å². The summed E-state index contributed by atoms with van der Waals surface area (Å²) in [6, 6.07) is 0. The summed E-state index contributed by atoms with van der Waals surface area (Å²) < 4.78 is 35.5. The number of rotatable bonds is 11. The van der Waals surface area contributed by atoms with Crippen LogP contribution in [-0.4, -0.2) is 11.9 Å². The minimum atomic E-state index is -3.97. The predicted octanol–water partition coefficient (Wildman–Crippen LogP) is 5.77. The molecule has 0 radical (unpaired) electrons. The third kappa shape index (κ3) is 16.1. The van der Waals surface area contributed by atoms with Crippen LogP contribution in [0.2, 0.25) is 0 Å². The molecule has 0 aliphatic carbocycles. The predicted molar refractivity (Wildman–Crippen MR) is 70.7 cm³/mol. The monoisotopic (exact) mass is 270 g/mol. The number of hydrogen-bond acceptors (Lipinski definition) is 1. The molecule has 0 spiro atoms. The lowest BCUT2D eigenvalue weighted by molar-refractivity contribution is -0.135. The Morgan fingerprint density at radius 3 is 1.29 bits per heavy atom. The Hall–Kier alpha value is 0.140. The van der Waals surface area contributed by atoms with Crippen molar-refractivity contribution >= 4 is 12.6 Å². The minimum Gasteiger partial charge on any atom is -0.179 e. The maximum atomic E-state index is 11.8. The molecule has 0 nitrogen and oxygen atoms in total. The van der Waals surface area contributed by atoms with E-state index in [0.717, 1.165) is 25.0 Å². The molecule has 0 heterocycles. The second-order valence-corrected chi connectivity index (χ2v) is 5.07. The molecule has 0 fully saturated rings. The van der Waals surface area contributed by atoms with Crippen molar-refractivity contribution in [3.63, 3.8) is 0 Å². The number of halogens is 3. The van der Waals surface area contributed by atoms with Crippen molar-refractivity contribution in [3.8, 4) is 0 Å². The van der Waals surface area contributed by atoms with Crippen LogP contribution in [0.4, 0.5) is 13.2 Å². The molecule has 0 unspecified atom stereocenters. The summed E-state index contributed by atoms with van der Waals surface area (Å²) in [6.07, 6.45) is 5.87. The van der Waals surface area contributed by atoms with Gasteiger partial charge in [-0.05, 0) is 18.6 Å². The van der Waals surface area contributed by atoms with Gasteiger partial charge >= 0.3 is 6.18 Å². The van der Waals surface area contributed by atoms with Gasteiger partial charge in [0.15, 0.2) is 0 Å². The minimum absolute atomic E-state index is 0.297. The zero-order valence-corrected chi connectivity index (χ0v) is 11.5. The molecule has 0 saturated heterocycles. The molecular weight excluding hydrogens is 245 g/mol. The molecule has 0 atom stereocenters. The summed E-state index contributed by atoms with van der Waals surface area (Å²) >= 11 is 4.15. The summed E-state index contributed by atoms with van der Waals surface area (Å²) in [5.41, 5.74) is 0. The van der Waals surface area contributed by atoms with E-state index in [1.54, 1.807) is 0 Å². The van der Waals surface area contributed by atoms with Crippen molar-refractivity contribution in [2.75, 3.05) is 5.75 Å². The second-order valence-electron chi connectivity index (χ2n) is 4.62. The fourth-order valence-corrected chi connectivity index (χ4v) is 2.08. The zero-order valence-electron chi connectivity index (χ0n) is 10.6. The van der Waals surface area contributed by atoms with Gasteiger partial charge in [-0.25, -0.2) is 0 Å². The molecule has 0 aromatic rings. The van der Waals surface area contributed by atoms with Gasteiger partial charge in [-0.15, -0.1) is 0 Å². The quantitative estimate of drug-likeness (QED) is 0.357. The number of thiol groups is 1. The molecule has 0 amide bonds. The molecule has 17 heavy (non-hydrogen) atoms. The van der Waals surface area contributed by atoms with E-state index >= 15 is 0 Å². The smallest absolute Gasteiger partial charge is 0.179 e. The summed E-state index contributed by atoms with van der Waals surface area (Å²) in [5, 5.41) is 0. The Balaban J connectivity index is 2.99. The van der Waals surface area contributed by atoms with Gasteiger partial charge in [0.05, 0.1) is 0 Å². The summed E-state index contributed by atoms with van der Waals surface area (Å²) in [7, 11) is 0. The van der Waals surface area contributed by atoms with E-state index in [4.69, 9.17) is 0 Å². The third-order valence-corrected chi connectivity index (χ3v) is 3.18. The first-order valence-corrected chi connectivity index (χ1v) is 7.37. The second kappa shape index (κ2) is 11.2. The summed E-state index contributed by atoms with van der Waals surface area (Å²) in [5.74, 6) is 0.971. The van der Waals surface area contributed by atoms with Crippen molar-refractivity contribution in [2.45, 2.75) is 76.8 Å². The Bertz CT molecular complexity index is 157. The van der Waals surface area contributed by atoms with E-state index in [9.17, 15) is 13.2 Å². The van der Waals surface area contributed by atoms with Gasteiger partial charge in [0.2, 0.25) is 0 Å². The average molecular weight is 270 g/mol. The molecule has 104 valence electrons. The summed E-state index contributed by atoms with van der Waals surface area (Å²) in [6.45, 7) is 0. The van der Waals surface area contributed by atoms with Gasteiger partial charge in [-0.2, -0.15) is 25.8 Å². The SMILES string of the molecule is FC(F)(F)CCCCCCCCCCCCS. The number of alkyl halides is 3. The van der Waals surface area contributed by atoms with Crippen molar-refractivity contribution < 1.29 is 13.2 Å². The molecule has 4 heteroatoms. The standard InChI is InChI=1S/C13H25F3S/c14-13(15,16)11-9-7-5-3-1-2-4-6-8-10-12-17/h17H,1-12H2. The van der Waals surface area contributed by atoms with Crippen LogP contribution >= 0.6 is 12.6 Å². The van der Waals surface area contributed by atoms with E-state index in [-0.39, 0.29) is 0 Å². The van der Waals surface area contributed by atoms with E-state index < -0.39 is 12.6 Å². The first-order chi connectivity index (χ1) is 8.06. The van der Waals surface area contributed by atoms with Crippen molar-refractivity contribution in [3.05, 3.63) is 0 Å². The Kier molecular flexibility index (Phi) is 11.3. The van der Waals surface area contributed by atoms with E-state index in [2.05, 4.69) is 12.6 Å². The van der Waals surface area contributed by atoms with Crippen molar-refractivity contribution in [1.82, 2.24) is 0 Å². The first-order valence-electron chi connectivity index (χ1n) is 6.74. The van der Waals surface area contributed by atoms with Gasteiger partial charge in [-0.3, -0.25) is 0 Å². The molecule has 0 bridgehead atoms. The van der Waals surface area contributed by atoms with E-state index in [1.807, 2.05) is 0 Å². The lowest BCUT2D eigenvalue weighted by Gasteiger charge is -2.05. The largest absolute Gasteiger partial charge is 0.389 e. The van der Waals surface area contributed by atoms with Crippen molar-refractivity contribution in [1.29, 1.82) is 0 Å². The molecular formula is C13H25F3S. The summed E-state index contributed by atoms with van der Waals surface area (Å²) in [4.78, 5) is 0. The Morgan fingerprint density at radius 1 is 0.588 bits per heavy atom. The molecule has 0 rings (SSSR count). The van der Waals surface area contributed by atoms with Crippen LogP contribution < -0.4 is 0 Å². The highest BCUT2D eigenvalue weighted by Crippen LogP contribution is 2.23. The van der Waals surface area contributed by atoms with Gasteiger partial charge in [-0.1, -0.05) is 51.4 Å². The first kappa shape index (κ1) is 17.1. The fourth-order valence-electron chi connectivity index (χ4n) is 1.85. The van der Waals surface area contributed by atoms with E-state index in [1.165, 1.54) is 38.5 Å². The molecule has 0 aliphatic rings.